The molecule has 0 unspecified atom stereocenters. The van der Waals surface area contributed by atoms with E-state index in [-0.39, 0.29) is 23.9 Å². The lowest BCUT2D eigenvalue weighted by molar-refractivity contribution is -0.137. The zero-order chi connectivity index (χ0) is 15.2. The number of carbonyl (C=O) groups is 1. The van der Waals surface area contributed by atoms with Crippen LogP contribution < -0.4 is 5.73 Å². The van der Waals surface area contributed by atoms with Crippen molar-refractivity contribution in [3.05, 3.63) is 35.6 Å². The van der Waals surface area contributed by atoms with Crippen molar-refractivity contribution in [2.24, 2.45) is 5.73 Å². The minimum Gasteiger partial charge on any atom is -0.380 e. The van der Waals surface area contributed by atoms with Gasteiger partial charge in [-0.05, 0) is 37.0 Å². The van der Waals surface area contributed by atoms with E-state index in [0.717, 1.165) is 31.4 Å². The fourth-order valence-electron chi connectivity index (χ4n) is 2.84. The predicted octanol–water partition coefficient (Wildman–Crippen LogP) is 2.24. The smallest absolute Gasteiger partial charge is 0.225 e. The molecule has 1 aromatic rings. The van der Waals surface area contributed by atoms with Crippen LogP contribution in [0.3, 0.4) is 0 Å². The first kappa shape index (κ1) is 15.9. The fraction of sp³-hybridized carbons (Fsp3) is 0.562. The van der Waals surface area contributed by atoms with Crippen molar-refractivity contribution < 1.29 is 13.9 Å². The van der Waals surface area contributed by atoms with Gasteiger partial charge in [-0.15, -0.1) is 0 Å². The highest BCUT2D eigenvalue weighted by atomic mass is 19.1. The molecule has 0 aromatic heterocycles. The molecular formula is C16H23FN2O2. The summed E-state index contributed by atoms with van der Waals surface area (Å²) in [5.74, 6) is -0.198. The van der Waals surface area contributed by atoms with Crippen molar-refractivity contribution in [3.8, 4) is 0 Å². The Labute approximate surface area is 125 Å². The average Bonchev–Trinajstić information content (AvgIpc) is 2.53. The second kappa shape index (κ2) is 7.52. The number of methoxy groups -OCH3 is 1. The van der Waals surface area contributed by atoms with Crippen molar-refractivity contribution in [3.63, 3.8) is 0 Å². The lowest BCUT2D eigenvalue weighted by Crippen LogP contribution is -2.41. The topological polar surface area (TPSA) is 55.6 Å². The Morgan fingerprint density at radius 1 is 1.43 bits per heavy atom. The third-order valence-corrected chi connectivity index (χ3v) is 4.08. The van der Waals surface area contributed by atoms with Gasteiger partial charge in [0.05, 0.1) is 18.6 Å². The third-order valence-electron chi connectivity index (χ3n) is 4.08. The van der Waals surface area contributed by atoms with Gasteiger partial charge in [0.25, 0.3) is 0 Å². The van der Waals surface area contributed by atoms with Crippen molar-refractivity contribution >= 4 is 5.91 Å². The number of carbonyl (C=O) groups excluding carboxylic acids is 1. The molecule has 116 valence electrons. The van der Waals surface area contributed by atoms with Gasteiger partial charge in [0, 0.05) is 20.2 Å². The monoisotopic (exact) mass is 294 g/mol. The summed E-state index contributed by atoms with van der Waals surface area (Å²) in [7, 11) is 1.57. The van der Waals surface area contributed by atoms with Crippen molar-refractivity contribution in [1.82, 2.24) is 4.90 Å². The van der Waals surface area contributed by atoms with E-state index in [1.807, 2.05) is 4.90 Å². The van der Waals surface area contributed by atoms with E-state index in [9.17, 15) is 9.18 Å². The lowest BCUT2D eigenvalue weighted by Gasteiger charge is -2.36. The molecule has 0 radical (unpaired) electrons. The number of halogens is 1. The maximum absolute atomic E-state index is 13.1. The maximum atomic E-state index is 13.1. The van der Waals surface area contributed by atoms with Crippen LogP contribution in [0.2, 0.25) is 0 Å². The first-order chi connectivity index (χ1) is 10.2. The molecule has 1 aliphatic heterocycles. The lowest BCUT2D eigenvalue weighted by atomic mass is 9.94. The number of benzene rings is 1. The highest BCUT2D eigenvalue weighted by Crippen LogP contribution is 2.31. The highest BCUT2D eigenvalue weighted by Gasteiger charge is 2.29. The van der Waals surface area contributed by atoms with Crippen LogP contribution in [0.5, 0.6) is 0 Å². The molecule has 4 nitrogen and oxygen atoms in total. The van der Waals surface area contributed by atoms with Gasteiger partial charge in [-0.1, -0.05) is 12.1 Å². The first-order valence-electron chi connectivity index (χ1n) is 7.43. The Morgan fingerprint density at radius 2 is 2.14 bits per heavy atom. The molecule has 21 heavy (non-hydrogen) atoms. The Kier molecular flexibility index (Phi) is 5.70. The molecule has 2 rings (SSSR count). The molecule has 0 bridgehead atoms. The van der Waals surface area contributed by atoms with E-state index in [1.165, 1.54) is 12.1 Å². The molecule has 1 heterocycles. The molecule has 1 aliphatic rings. The molecular weight excluding hydrogens is 271 g/mol. The van der Waals surface area contributed by atoms with Gasteiger partial charge < -0.3 is 15.4 Å². The van der Waals surface area contributed by atoms with E-state index >= 15 is 0 Å². The standard InChI is InChI=1S/C16H23FN2O2/c1-21-14(11-18)10-16(20)19-9-3-2-4-15(19)12-5-7-13(17)8-6-12/h5-8,14-15H,2-4,9-11,18H2,1H3/t14-,15-/m0/s1. The fourth-order valence-corrected chi connectivity index (χ4v) is 2.84. The number of ether oxygens (including phenoxy) is 1. The first-order valence-corrected chi connectivity index (χ1v) is 7.43. The minimum atomic E-state index is -0.255. The number of nitrogens with two attached hydrogens (primary N) is 1. The van der Waals surface area contributed by atoms with Gasteiger partial charge in [-0.3, -0.25) is 4.79 Å². The summed E-state index contributed by atoms with van der Waals surface area (Å²) in [6, 6.07) is 6.46. The molecule has 0 aliphatic carbocycles. The normalized spacial score (nSPS) is 20.3. The van der Waals surface area contributed by atoms with Gasteiger partial charge in [-0.25, -0.2) is 4.39 Å². The summed E-state index contributed by atoms with van der Waals surface area (Å²) in [6.45, 7) is 1.07. The Bertz CT molecular complexity index is 460. The molecule has 0 spiro atoms. The molecule has 1 amide bonds. The number of hydrogen-bond acceptors (Lipinski definition) is 3. The predicted molar refractivity (Wildman–Crippen MR) is 79.2 cm³/mol. The molecule has 2 atom stereocenters. The van der Waals surface area contributed by atoms with Crippen molar-refractivity contribution in [1.29, 1.82) is 0 Å². The summed E-state index contributed by atoms with van der Waals surface area (Å²) in [4.78, 5) is 14.4. The maximum Gasteiger partial charge on any atom is 0.225 e. The number of amides is 1. The molecule has 1 fully saturated rings. The Hall–Kier alpha value is -1.46. The highest BCUT2D eigenvalue weighted by molar-refractivity contribution is 5.77. The van der Waals surface area contributed by atoms with Crippen molar-refractivity contribution in [2.75, 3.05) is 20.2 Å². The van der Waals surface area contributed by atoms with Crippen LogP contribution in [-0.4, -0.2) is 37.1 Å². The molecule has 1 saturated heterocycles. The van der Waals surface area contributed by atoms with Gasteiger partial charge in [-0.2, -0.15) is 0 Å². The number of hydrogen-bond donors (Lipinski definition) is 1. The number of rotatable bonds is 5. The Balaban J connectivity index is 2.11. The van der Waals surface area contributed by atoms with Gasteiger partial charge in [0.1, 0.15) is 5.82 Å². The summed E-state index contributed by atoms with van der Waals surface area (Å²) in [5.41, 5.74) is 6.58. The SMILES string of the molecule is CO[C@H](CN)CC(=O)N1CCCC[C@H]1c1ccc(F)cc1. The number of nitrogens with zero attached hydrogens (tertiary/aromatic N) is 1. The van der Waals surface area contributed by atoms with Gasteiger partial charge >= 0.3 is 0 Å². The molecule has 5 heteroatoms. The number of likely N-dealkylation sites (tertiary alicyclic amines) is 1. The zero-order valence-electron chi connectivity index (χ0n) is 12.4. The quantitative estimate of drug-likeness (QED) is 0.906. The average molecular weight is 294 g/mol. The van der Waals surface area contributed by atoms with E-state index in [0.29, 0.717) is 13.0 Å². The van der Waals surface area contributed by atoms with Crippen LogP contribution in [0.25, 0.3) is 0 Å². The van der Waals surface area contributed by atoms with Crippen LogP contribution in [0, 0.1) is 5.82 Å². The second-order valence-corrected chi connectivity index (χ2v) is 5.45. The van der Waals surface area contributed by atoms with E-state index < -0.39 is 0 Å². The summed E-state index contributed by atoms with van der Waals surface area (Å²) < 4.78 is 18.3. The van der Waals surface area contributed by atoms with E-state index in [4.69, 9.17) is 10.5 Å². The van der Waals surface area contributed by atoms with Gasteiger partial charge in [0.15, 0.2) is 0 Å². The van der Waals surface area contributed by atoms with Crippen molar-refractivity contribution in [2.45, 2.75) is 37.8 Å². The largest absolute Gasteiger partial charge is 0.380 e. The second-order valence-electron chi connectivity index (χ2n) is 5.45. The van der Waals surface area contributed by atoms with Crippen LogP contribution in [-0.2, 0) is 9.53 Å². The summed E-state index contributed by atoms with van der Waals surface area (Å²) in [5, 5.41) is 0. The number of piperidine rings is 1. The van der Waals surface area contributed by atoms with Crippen LogP contribution in [0.4, 0.5) is 4.39 Å². The summed E-state index contributed by atoms with van der Waals surface area (Å²) in [6.07, 6.45) is 3.05. The molecule has 0 saturated carbocycles. The van der Waals surface area contributed by atoms with Crippen LogP contribution in [0.1, 0.15) is 37.3 Å². The Morgan fingerprint density at radius 3 is 2.76 bits per heavy atom. The molecule has 1 aromatic carbocycles. The van der Waals surface area contributed by atoms with Crippen LogP contribution in [0.15, 0.2) is 24.3 Å². The van der Waals surface area contributed by atoms with Crippen LogP contribution >= 0.6 is 0 Å². The third kappa shape index (κ3) is 4.02. The van der Waals surface area contributed by atoms with E-state index in [1.54, 1.807) is 19.2 Å². The van der Waals surface area contributed by atoms with Gasteiger partial charge in [0.2, 0.25) is 5.91 Å². The summed E-state index contributed by atoms with van der Waals surface area (Å²) >= 11 is 0. The molecule has 2 N–H and O–H groups in total. The van der Waals surface area contributed by atoms with E-state index in [2.05, 4.69) is 0 Å². The minimum absolute atomic E-state index is 0.0298. The zero-order valence-corrected chi connectivity index (χ0v) is 12.4.